The van der Waals surface area contributed by atoms with E-state index in [1.165, 1.54) is 12.8 Å². The number of rotatable bonds is 6. The SMILES string of the molecule is COc1ccc(CNC(=O)C2CCCNC2)cc1OC1CCCC1. The Morgan fingerprint density at radius 2 is 2.04 bits per heavy atom. The molecule has 0 spiro atoms. The molecule has 1 aliphatic carbocycles. The zero-order chi connectivity index (χ0) is 16.8. The van der Waals surface area contributed by atoms with E-state index in [0.717, 1.165) is 55.8 Å². The van der Waals surface area contributed by atoms with Crippen molar-refractivity contribution < 1.29 is 14.3 Å². The molecule has 0 radical (unpaired) electrons. The molecular weight excluding hydrogens is 304 g/mol. The summed E-state index contributed by atoms with van der Waals surface area (Å²) in [5, 5.41) is 6.33. The highest BCUT2D eigenvalue weighted by molar-refractivity contribution is 5.79. The zero-order valence-corrected chi connectivity index (χ0v) is 14.5. The molecule has 1 heterocycles. The van der Waals surface area contributed by atoms with Crippen LogP contribution in [0.25, 0.3) is 0 Å². The molecule has 5 nitrogen and oxygen atoms in total. The Kier molecular flexibility index (Phi) is 5.96. The van der Waals surface area contributed by atoms with E-state index in [4.69, 9.17) is 9.47 Å². The molecule has 0 aromatic heterocycles. The van der Waals surface area contributed by atoms with Crippen LogP contribution in [0.3, 0.4) is 0 Å². The van der Waals surface area contributed by atoms with Gasteiger partial charge in [0.15, 0.2) is 11.5 Å². The van der Waals surface area contributed by atoms with Gasteiger partial charge >= 0.3 is 0 Å². The topological polar surface area (TPSA) is 59.6 Å². The first-order valence-electron chi connectivity index (χ1n) is 9.08. The molecule has 1 amide bonds. The van der Waals surface area contributed by atoms with Crippen LogP contribution < -0.4 is 20.1 Å². The average molecular weight is 332 g/mol. The fourth-order valence-electron chi connectivity index (χ4n) is 3.52. The molecule has 3 rings (SSSR count). The Labute approximate surface area is 144 Å². The third-order valence-electron chi connectivity index (χ3n) is 4.96. The third kappa shape index (κ3) is 4.41. The second-order valence-electron chi connectivity index (χ2n) is 6.77. The number of hydrogen-bond acceptors (Lipinski definition) is 4. The molecule has 1 aliphatic heterocycles. The maximum Gasteiger partial charge on any atom is 0.224 e. The Hall–Kier alpha value is -1.75. The maximum atomic E-state index is 12.3. The number of methoxy groups -OCH3 is 1. The van der Waals surface area contributed by atoms with E-state index in [-0.39, 0.29) is 17.9 Å². The smallest absolute Gasteiger partial charge is 0.224 e. The van der Waals surface area contributed by atoms with Crippen LogP contribution in [0.2, 0.25) is 0 Å². The van der Waals surface area contributed by atoms with E-state index >= 15 is 0 Å². The Balaban J connectivity index is 1.59. The lowest BCUT2D eigenvalue weighted by atomic mass is 9.99. The van der Waals surface area contributed by atoms with Crippen LogP contribution in [-0.2, 0) is 11.3 Å². The van der Waals surface area contributed by atoms with Gasteiger partial charge in [0.25, 0.3) is 0 Å². The number of carbonyl (C=O) groups excluding carboxylic acids is 1. The van der Waals surface area contributed by atoms with Gasteiger partial charge in [-0.25, -0.2) is 0 Å². The predicted molar refractivity (Wildman–Crippen MR) is 93.3 cm³/mol. The molecule has 1 aromatic rings. The maximum absolute atomic E-state index is 12.3. The van der Waals surface area contributed by atoms with Gasteiger partial charge < -0.3 is 20.1 Å². The number of piperidine rings is 1. The highest BCUT2D eigenvalue weighted by atomic mass is 16.5. The minimum absolute atomic E-state index is 0.0891. The lowest BCUT2D eigenvalue weighted by Gasteiger charge is -2.22. The normalized spacial score (nSPS) is 21.5. The second-order valence-corrected chi connectivity index (χ2v) is 6.77. The lowest BCUT2D eigenvalue weighted by molar-refractivity contribution is -0.125. The van der Waals surface area contributed by atoms with Crippen molar-refractivity contribution in [2.75, 3.05) is 20.2 Å². The van der Waals surface area contributed by atoms with Gasteiger partial charge in [-0.05, 0) is 62.8 Å². The molecule has 2 fully saturated rings. The monoisotopic (exact) mass is 332 g/mol. The van der Waals surface area contributed by atoms with Crippen LogP contribution >= 0.6 is 0 Å². The molecule has 2 N–H and O–H groups in total. The first kappa shape index (κ1) is 17.1. The van der Waals surface area contributed by atoms with Crippen LogP contribution in [0.15, 0.2) is 18.2 Å². The summed E-state index contributed by atoms with van der Waals surface area (Å²) in [6, 6.07) is 5.91. The standard InChI is InChI=1S/C19H28N2O3/c1-23-17-9-8-14(11-18(17)24-16-6-2-3-7-16)12-21-19(22)15-5-4-10-20-13-15/h8-9,11,15-16,20H,2-7,10,12-13H2,1H3,(H,21,22). The number of nitrogens with one attached hydrogen (secondary N) is 2. The third-order valence-corrected chi connectivity index (χ3v) is 4.96. The van der Waals surface area contributed by atoms with Gasteiger partial charge in [-0.3, -0.25) is 4.79 Å². The van der Waals surface area contributed by atoms with Gasteiger partial charge in [0.2, 0.25) is 5.91 Å². The van der Waals surface area contributed by atoms with Gasteiger partial charge in [0, 0.05) is 13.1 Å². The molecule has 1 atom stereocenters. The van der Waals surface area contributed by atoms with E-state index in [9.17, 15) is 4.79 Å². The first-order valence-corrected chi connectivity index (χ1v) is 9.08. The zero-order valence-electron chi connectivity index (χ0n) is 14.5. The van der Waals surface area contributed by atoms with Crippen molar-refractivity contribution in [2.24, 2.45) is 5.92 Å². The number of carbonyl (C=O) groups is 1. The van der Waals surface area contributed by atoms with Crippen molar-refractivity contribution in [3.63, 3.8) is 0 Å². The summed E-state index contributed by atoms with van der Waals surface area (Å²) in [7, 11) is 1.66. The summed E-state index contributed by atoms with van der Waals surface area (Å²) in [4.78, 5) is 12.3. The molecular formula is C19H28N2O3. The molecule has 1 saturated heterocycles. The summed E-state index contributed by atoms with van der Waals surface area (Å²) < 4.78 is 11.5. The fourth-order valence-corrected chi connectivity index (χ4v) is 3.52. The average Bonchev–Trinajstić information content (AvgIpc) is 3.13. The molecule has 5 heteroatoms. The molecule has 132 valence electrons. The van der Waals surface area contributed by atoms with Crippen molar-refractivity contribution in [3.05, 3.63) is 23.8 Å². The van der Waals surface area contributed by atoms with Crippen LogP contribution in [0.1, 0.15) is 44.1 Å². The van der Waals surface area contributed by atoms with Gasteiger partial charge in [0.1, 0.15) is 0 Å². The Bertz CT molecular complexity index is 550. The minimum atomic E-state index is 0.0891. The van der Waals surface area contributed by atoms with E-state index in [2.05, 4.69) is 10.6 Å². The summed E-state index contributed by atoms with van der Waals surface area (Å²) in [5.74, 6) is 1.77. The van der Waals surface area contributed by atoms with E-state index in [1.807, 2.05) is 18.2 Å². The van der Waals surface area contributed by atoms with Crippen LogP contribution in [0.4, 0.5) is 0 Å². The van der Waals surface area contributed by atoms with Gasteiger partial charge in [0.05, 0.1) is 19.1 Å². The summed E-state index contributed by atoms with van der Waals surface area (Å²) in [5.41, 5.74) is 1.04. The summed E-state index contributed by atoms with van der Waals surface area (Å²) in [6.07, 6.45) is 7.02. The van der Waals surface area contributed by atoms with Crippen LogP contribution in [0.5, 0.6) is 11.5 Å². The molecule has 1 aromatic carbocycles. The second kappa shape index (κ2) is 8.38. The number of amides is 1. The summed E-state index contributed by atoms with van der Waals surface area (Å²) in [6.45, 7) is 2.33. The fraction of sp³-hybridized carbons (Fsp3) is 0.632. The van der Waals surface area contributed by atoms with Crippen molar-refractivity contribution >= 4 is 5.91 Å². The number of benzene rings is 1. The highest BCUT2D eigenvalue weighted by Gasteiger charge is 2.21. The van der Waals surface area contributed by atoms with Gasteiger partial charge in [-0.2, -0.15) is 0 Å². The summed E-state index contributed by atoms with van der Waals surface area (Å²) >= 11 is 0. The van der Waals surface area contributed by atoms with Crippen LogP contribution in [-0.4, -0.2) is 32.2 Å². The largest absolute Gasteiger partial charge is 0.493 e. The van der Waals surface area contributed by atoms with E-state index < -0.39 is 0 Å². The molecule has 1 saturated carbocycles. The van der Waals surface area contributed by atoms with Crippen molar-refractivity contribution in [1.29, 1.82) is 0 Å². The number of ether oxygens (including phenoxy) is 2. The quantitative estimate of drug-likeness (QED) is 0.841. The Morgan fingerprint density at radius 3 is 2.75 bits per heavy atom. The van der Waals surface area contributed by atoms with Gasteiger partial charge in [-0.1, -0.05) is 6.07 Å². The van der Waals surface area contributed by atoms with Gasteiger partial charge in [-0.15, -0.1) is 0 Å². The molecule has 24 heavy (non-hydrogen) atoms. The number of hydrogen-bond donors (Lipinski definition) is 2. The van der Waals surface area contributed by atoms with Crippen LogP contribution in [0, 0.1) is 5.92 Å². The lowest BCUT2D eigenvalue weighted by Crippen LogP contribution is -2.40. The molecule has 1 unspecified atom stereocenters. The van der Waals surface area contributed by atoms with Crippen molar-refractivity contribution in [1.82, 2.24) is 10.6 Å². The highest BCUT2D eigenvalue weighted by Crippen LogP contribution is 2.32. The van der Waals surface area contributed by atoms with E-state index in [0.29, 0.717) is 6.54 Å². The molecule has 2 aliphatic rings. The predicted octanol–water partition coefficient (Wildman–Crippen LogP) is 2.63. The van der Waals surface area contributed by atoms with E-state index in [1.54, 1.807) is 7.11 Å². The van der Waals surface area contributed by atoms with Crippen molar-refractivity contribution in [3.8, 4) is 11.5 Å². The minimum Gasteiger partial charge on any atom is -0.493 e. The Morgan fingerprint density at radius 1 is 1.21 bits per heavy atom. The van der Waals surface area contributed by atoms with Crippen molar-refractivity contribution in [2.45, 2.75) is 51.2 Å². The molecule has 0 bridgehead atoms. The first-order chi connectivity index (χ1) is 11.8.